The third kappa shape index (κ3) is 31.9. The SMILES string of the molecule is O=C([O-])CC(O)(CC(=O)[O-])C(=O)[O-].O=C([O-])CC(O)(CC(=O)[O-])C(=O)[O-].O=C([O-])CC(O)(CC(=O)[O-])C(=O)[O-].O=C([O-])CC(O)(CC(=O)[O-])C(=O)[O-].[117Sn+4].[117Sn+4].[117Sn+4]. The van der Waals surface area contributed by atoms with Crippen molar-refractivity contribution in [2.75, 3.05) is 0 Å². The third-order valence-corrected chi connectivity index (χ3v) is 5.01. The van der Waals surface area contributed by atoms with Crippen molar-refractivity contribution in [2.45, 2.75) is 73.8 Å². The van der Waals surface area contributed by atoms with Crippen LogP contribution in [0.5, 0.6) is 0 Å². The van der Waals surface area contributed by atoms with Crippen LogP contribution in [0, 0.1) is 0 Å². The first kappa shape index (κ1) is 65.7. The van der Waals surface area contributed by atoms with Gasteiger partial charge in [0.2, 0.25) is 0 Å². The molecule has 0 amide bonds. The van der Waals surface area contributed by atoms with E-state index in [2.05, 4.69) is 0 Å². The number of carboxylic acid groups (broad SMARTS) is 12. The van der Waals surface area contributed by atoms with Gasteiger partial charge in [0.25, 0.3) is 0 Å². The largest absolute Gasteiger partial charge is 4.00 e. The number of carboxylic acids is 12. The zero-order chi connectivity index (χ0) is 42.6. The molecule has 4 N–H and O–H groups in total. The summed E-state index contributed by atoms with van der Waals surface area (Å²) in [7, 11) is 0. The summed E-state index contributed by atoms with van der Waals surface area (Å²) in [4.78, 5) is 120. The van der Waals surface area contributed by atoms with Crippen LogP contribution >= 0.6 is 0 Å². The van der Waals surface area contributed by atoms with Crippen molar-refractivity contribution in [2.24, 2.45) is 0 Å². The molecular weight excluding hydrogens is 1090 g/mol. The minimum atomic E-state index is -2.97. The normalized spacial score (nSPS) is 10.3. The van der Waals surface area contributed by atoms with E-state index in [0.29, 0.717) is 0 Å². The Morgan fingerprint density at radius 1 is 0.255 bits per heavy atom. The van der Waals surface area contributed by atoms with Gasteiger partial charge in [0.15, 0.2) is 0 Å². The van der Waals surface area contributed by atoms with Gasteiger partial charge in [0.1, 0.15) is 22.4 Å². The maximum atomic E-state index is 10.1. The van der Waals surface area contributed by atoms with Gasteiger partial charge in [-0.3, -0.25) is 0 Å². The van der Waals surface area contributed by atoms with E-state index in [0.717, 1.165) is 0 Å². The monoisotopic (exact) mass is 1110 g/mol. The number of carbonyl (C=O) groups excluding carboxylic acids is 12. The molecule has 0 fully saturated rings. The first-order valence-electron chi connectivity index (χ1n) is 12.5. The molecule has 0 aliphatic rings. The maximum absolute atomic E-state index is 10.1. The molecule has 0 rings (SSSR count). The Labute approximate surface area is 354 Å². The fourth-order valence-electron chi connectivity index (χ4n) is 2.74. The second kappa shape index (κ2) is 29.2. The quantitative estimate of drug-likeness (QED) is 0.0822. The number of hydrogen-bond donors (Lipinski definition) is 4. The smallest absolute Gasteiger partial charge is 0.550 e. The molecule has 0 spiro atoms. The Balaban J connectivity index is -0.000000110. The Bertz CT molecular complexity index is 1130. The summed E-state index contributed by atoms with van der Waals surface area (Å²) in [5.74, 6) is -23.9. The summed E-state index contributed by atoms with van der Waals surface area (Å²) >= 11 is 0. The van der Waals surface area contributed by atoms with Gasteiger partial charge in [-0.25, -0.2) is 0 Å². The number of rotatable bonds is 20. The van der Waals surface area contributed by atoms with Crippen LogP contribution in [0.25, 0.3) is 0 Å². The molecule has 0 aliphatic carbocycles. The topological polar surface area (TPSA) is 562 Å². The number of carbonyl (C=O) groups is 12. The molecular formula is C24H20O28Sn3. The van der Waals surface area contributed by atoms with Crippen molar-refractivity contribution >= 4 is 143 Å². The van der Waals surface area contributed by atoms with Gasteiger partial charge >= 0.3 is 71.7 Å². The summed E-state index contributed by atoms with van der Waals surface area (Å²) in [6.07, 6.45) is -10.9. The Morgan fingerprint density at radius 3 is 0.364 bits per heavy atom. The van der Waals surface area contributed by atoms with E-state index >= 15 is 0 Å². The number of aliphatic hydroxyl groups is 4. The van der Waals surface area contributed by atoms with E-state index in [1.54, 1.807) is 0 Å². The van der Waals surface area contributed by atoms with E-state index in [9.17, 15) is 119 Å². The fraction of sp³-hybridized carbons (Fsp3) is 0.500. The molecule has 0 saturated heterocycles. The van der Waals surface area contributed by atoms with Gasteiger partial charge in [-0.1, -0.05) is 0 Å². The molecule has 0 heterocycles. The summed E-state index contributed by atoms with van der Waals surface area (Å²) < 4.78 is 0. The molecule has 0 atom stereocenters. The molecule has 31 heteroatoms. The molecule has 0 aliphatic heterocycles. The van der Waals surface area contributed by atoms with Crippen molar-refractivity contribution in [1.29, 1.82) is 0 Å². The molecule has 0 bridgehead atoms. The zero-order valence-corrected chi connectivity index (χ0v) is 35.3. The van der Waals surface area contributed by atoms with Crippen molar-refractivity contribution in [3.8, 4) is 0 Å². The van der Waals surface area contributed by atoms with Crippen molar-refractivity contribution in [3.05, 3.63) is 0 Å². The molecule has 296 valence electrons. The first-order valence-corrected chi connectivity index (χ1v) is 12.5. The first-order chi connectivity index (χ1) is 23.1. The van der Waals surface area contributed by atoms with Crippen LogP contribution in [0.4, 0.5) is 0 Å². The third-order valence-electron chi connectivity index (χ3n) is 5.01. The van der Waals surface area contributed by atoms with Crippen molar-refractivity contribution < 1.29 is 139 Å². The van der Waals surface area contributed by atoms with Crippen LogP contribution in [0.1, 0.15) is 51.4 Å². The molecule has 0 aromatic rings. The van der Waals surface area contributed by atoms with E-state index in [1.807, 2.05) is 0 Å². The van der Waals surface area contributed by atoms with Crippen LogP contribution in [-0.2, 0) is 57.5 Å². The number of hydrogen-bond acceptors (Lipinski definition) is 28. The summed E-state index contributed by atoms with van der Waals surface area (Å²) in [5, 5.41) is 156. The summed E-state index contributed by atoms with van der Waals surface area (Å²) in [6.45, 7) is 0. The molecule has 55 heavy (non-hydrogen) atoms. The molecule has 0 unspecified atom stereocenters. The second-order valence-electron chi connectivity index (χ2n) is 9.67. The molecule has 0 radical (unpaired) electrons. The van der Waals surface area contributed by atoms with E-state index in [4.69, 9.17) is 20.4 Å². The Hall–Kier alpha value is -4.12. The fourth-order valence-corrected chi connectivity index (χ4v) is 2.74. The van der Waals surface area contributed by atoms with E-state index < -0.39 is 145 Å². The average Bonchev–Trinajstić information content (AvgIpc) is 2.85. The second-order valence-corrected chi connectivity index (χ2v) is 9.67. The maximum Gasteiger partial charge on any atom is 4.00 e. The minimum Gasteiger partial charge on any atom is -0.550 e. The molecule has 0 saturated carbocycles. The minimum absolute atomic E-state index is 0. The molecule has 28 nitrogen and oxygen atoms in total. The summed E-state index contributed by atoms with van der Waals surface area (Å²) in [5.41, 5.74) is -11.9. The molecule has 0 aromatic carbocycles. The van der Waals surface area contributed by atoms with Gasteiger partial charge in [0.05, 0.1) is 23.9 Å². The van der Waals surface area contributed by atoms with Crippen LogP contribution in [0.2, 0.25) is 0 Å². The van der Waals surface area contributed by atoms with Gasteiger partial charge in [-0.2, -0.15) is 0 Å². The van der Waals surface area contributed by atoms with Gasteiger partial charge in [0, 0.05) is 99.1 Å². The van der Waals surface area contributed by atoms with Crippen LogP contribution < -0.4 is 61.3 Å². The van der Waals surface area contributed by atoms with E-state index in [1.165, 1.54) is 0 Å². The van der Waals surface area contributed by atoms with Gasteiger partial charge in [-0.05, 0) is 0 Å². The average molecular weight is 1110 g/mol. The van der Waals surface area contributed by atoms with Gasteiger partial charge < -0.3 is 139 Å². The standard InChI is InChI=1S/4C6H8O7.3Sn/c4*7-3(8)1-6(13,5(11)12)2-4(9)10;;;/h4*13H,1-2H2,(H,7,8)(H,9,10)(H,11,12);;;/q;;;;3*+4/p-12/i;;;;3*1-2. The van der Waals surface area contributed by atoms with Crippen molar-refractivity contribution in [3.63, 3.8) is 0 Å². The predicted octanol–water partition coefficient (Wildman–Crippen LogP) is -22.2. The Morgan fingerprint density at radius 2 is 0.327 bits per heavy atom. The Kier molecular flexibility index (Phi) is 34.9. The van der Waals surface area contributed by atoms with E-state index in [-0.39, 0.29) is 71.7 Å². The molecule has 0 aromatic heterocycles. The van der Waals surface area contributed by atoms with Crippen LogP contribution in [0.15, 0.2) is 0 Å². The predicted molar refractivity (Wildman–Crippen MR) is 134 cm³/mol. The number of aliphatic carboxylic acids is 12. The van der Waals surface area contributed by atoms with Crippen LogP contribution in [-0.4, -0.2) is 186 Å². The zero-order valence-electron chi connectivity index (χ0n) is 26.7. The summed E-state index contributed by atoms with van der Waals surface area (Å²) in [6, 6.07) is 0. The van der Waals surface area contributed by atoms with Crippen molar-refractivity contribution in [1.82, 2.24) is 0 Å². The van der Waals surface area contributed by atoms with Gasteiger partial charge in [-0.15, -0.1) is 0 Å². The van der Waals surface area contributed by atoms with Crippen LogP contribution in [0.3, 0.4) is 0 Å².